The van der Waals surface area contributed by atoms with Crippen LogP contribution in [0, 0.1) is 17.0 Å². The van der Waals surface area contributed by atoms with Crippen molar-refractivity contribution in [2.75, 3.05) is 19.7 Å². The number of primary amides is 1. The lowest BCUT2D eigenvalue weighted by molar-refractivity contribution is -0.136. The smallest absolute Gasteiger partial charge is 0.227 e. The van der Waals surface area contributed by atoms with Crippen LogP contribution < -0.4 is 10.5 Å². The number of hydrogen-bond donors (Lipinski definition) is 1. The van der Waals surface area contributed by atoms with Crippen LogP contribution in [-0.4, -0.2) is 36.4 Å². The van der Waals surface area contributed by atoms with Crippen LogP contribution in [0.15, 0.2) is 42.5 Å². The SMILES string of the molecule is NC(=O)C[C@@]1(COc2ccc(F)cc2)CCCN(C(=O)Cc2c(F)cccc2Cl)C1. The summed E-state index contributed by atoms with van der Waals surface area (Å²) in [5.74, 6) is -1.23. The molecule has 1 fully saturated rings. The number of piperidine rings is 1. The highest BCUT2D eigenvalue weighted by Gasteiger charge is 2.39. The first kappa shape index (κ1) is 22.0. The number of carbonyl (C=O) groups excluding carboxylic acids is 2. The summed E-state index contributed by atoms with van der Waals surface area (Å²) in [6.07, 6.45) is 1.16. The minimum absolute atomic E-state index is 0.0401. The first-order chi connectivity index (χ1) is 14.3. The lowest BCUT2D eigenvalue weighted by Crippen LogP contribution is -2.50. The number of likely N-dealkylation sites (tertiary alicyclic amines) is 1. The Labute approximate surface area is 178 Å². The number of nitrogens with two attached hydrogens (primary N) is 1. The van der Waals surface area contributed by atoms with Crippen LogP contribution in [0.25, 0.3) is 0 Å². The largest absolute Gasteiger partial charge is 0.493 e. The van der Waals surface area contributed by atoms with E-state index in [9.17, 15) is 18.4 Å². The molecule has 0 radical (unpaired) electrons. The van der Waals surface area contributed by atoms with Crippen molar-refractivity contribution in [2.45, 2.75) is 25.7 Å². The number of amides is 2. The lowest BCUT2D eigenvalue weighted by Gasteiger charge is -2.42. The van der Waals surface area contributed by atoms with Crippen LogP contribution in [0.5, 0.6) is 5.75 Å². The zero-order chi connectivity index (χ0) is 21.7. The Hall–Kier alpha value is -2.67. The predicted molar refractivity (Wildman–Crippen MR) is 109 cm³/mol. The molecule has 0 saturated carbocycles. The van der Waals surface area contributed by atoms with Crippen LogP contribution in [-0.2, 0) is 16.0 Å². The fourth-order valence-corrected chi connectivity index (χ4v) is 4.06. The van der Waals surface area contributed by atoms with E-state index in [0.717, 1.165) is 0 Å². The van der Waals surface area contributed by atoms with Crippen LogP contribution >= 0.6 is 11.6 Å². The van der Waals surface area contributed by atoms with Crippen LogP contribution in [0.1, 0.15) is 24.8 Å². The average Bonchev–Trinajstić information content (AvgIpc) is 2.70. The van der Waals surface area contributed by atoms with Gasteiger partial charge in [0.25, 0.3) is 0 Å². The Balaban J connectivity index is 1.73. The summed E-state index contributed by atoms with van der Waals surface area (Å²) < 4.78 is 33.0. The summed E-state index contributed by atoms with van der Waals surface area (Å²) in [6, 6.07) is 9.85. The molecule has 0 aliphatic carbocycles. The second kappa shape index (κ2) is 9.43. The van der Waals surface area contributed by atoms with E-state index in [2.05, 4.69) is 0 Å². The molecule has 2 aromatic rings. The van der Waals surface area contributed by atoms with Crippen molar-refractivity contribution < 1.29 is 23.1 Å². The van der Waals surface area contributed by atoms with Crippen molar-refractivity contribution in [1.29, 1.82) is 0 Å². The molecule has 1 aliphatic heterocycles. The molecule has 1 heterocycles. The summed E-state index contributed by atoms with van der Waals surface area (Å²) in [6.45, 7) is 0.885. The molecule has 1 atom stereocenters. The molecule has 2 amide bonds. The Bertz CT molecular complexity index is 903. The summed E-state index contributed by atoms with van der Waals surface area (Å²) in [4.78, 5) is 26.2. The molecule has 1 aliphatic rings. The third kappa shape index (κ3) is 5.48. The van der Waals surface area contributed by atoms with Gasteiger partial charge in [-0.3, -0.25) is 9.59 Å². The minimum Gasteiger partial charge on any atom is -0.493 e. The normalized spacial score (nSPS) is 18.8. The number of rotatable bonds is 7. The molecular weight excluding hydrogens is 414 g/mol. The van der Waals surface area contributed by atoms with Gasteiger partial charge in [0.05, 0.1) is 13.0 Å². The van der Waals surface area contributed by atoms with Gasteiger partial charge in [-0.15, -0.1) is 0 Å². The van der Waals surface area contributed by atoms with E-state index in [-0.39, 0.29) is 48.3 Å². The van der Waals surface area contributed by atoms with Gasteiger partial charge in [0.15, 0.2) is 0 Å². The Kier molecular flexibility index (Phi) is 6.92. The summed E-state index contributed by atoms with van der Waals surface area (Å²) in [5.41, 5.74) is 4.94. The standard InChI is InChI=1S/C22H23ClF2N2O3/c23-18-3-1-4-19(25)17(18)11-21(29)27-10-2-9-22(13-27,12-20(26)28)14-30-16-7-5-15(24)6-8-16/h1,3-8H,2,9-14H2,(H2,26,28)/t22-/m0/s1. The third-order valence-corrected chi connectivity index (χ3v) is 5.67. The number of benzene rings is 2. The number of halogens is 3. The Morgan fingerprint density at radius 3 is 2.57 bits per heavy atom. The van der Waals surface area contributed by atoms with Crippen molar-refractivity contribution in [1.82, 2.24) is 4.90 Å². The Morgan fingerprint density at radius 1 is 1.17 bits per heavy atom. The molecule has 2 N–H and O–H groups in total. The monoisotopic (exact) mass is 436 g/mol. The molecule has 0 aromatic heterocycles. The van der Waals surface area contributed by atoms with Gasteiger partial charge in [-0.05, 0) is 49.2 Å². The molecule has 30 heavy (non-hydrogen) atoms. The zero-order valence-corrected chi connectivity index (χ0v) is 17.1. The number of hydrogen-bond acceptors (Lipinski definition) is 3. The molecule has 1 saturated heterocycles. The highest BCUT2D eigenvalue weighted by molar-refractivity contribution is 6.31. The van der Waals surface area contributed by atoms with E-state index >= 15 is 0 Å². The molecule has 2 aromatic carbocycles. The molecule has 8 heteroatoms. The molecule has 5 nitrogen and oxygen atoms in total. The van der Waals surface area contributed by atoms with Gasteiger partial charge >= 0.3 is 0 Å². The predicted octanol–water partition coefficient (Wildman–Crippen LogP) is 3.72. The fraction of sp³-hybridized carbons (Fsp3) is 0.364. The van der Waals surface area contributed by atoms with Gasteiger partial charge in [-0.2, -0.15) is 0 Å². The average molecular weight is 437 g/mol. The lowest BCUT2D eigenvalue weighted by atomic mass is 9.77. The van der Waals surface area contributed by atoms with Crippen molar-refractivity contribution in [3.63, 3.8) is 0 Å². The van der Waals surface area contributed by atoms with Crippen molar-refractivity contribution in [2.24, 2.45) is 11.1 Å². The maximum atomic E-state index is 14.1. The van der Waals surface area contributed by atoms with Gasteiger partial charge < -0.3 is 15.4 Å². The highest BCUT2D eigenvalue weighted by atomic mass is 35.5. The van der Waals surface area contributed by atoms with Gasteiger partial charge in [-0.1, -0.05) is 17.7 Å². The van der Waals surface area contributed by atoms with Gasteiger partial charge in [0, 0.05) is 35.5 Å². The first-order valence-corrected chi connectivity index (χ1v) is 10.0. The van der Waals surface area contributed by atoms with E-state index < -0.39 is 17.1 Å². The maximum absolute atomic E-state index is 14.1. The van der Waals surface area contributed by atoms with E-state index in [1.54, 1.807) is 4.90 Å². The minimum atomic E-state index is -0.673. The van der Waals surface area contributed by atoms with Gasteiger partial charge in [0.1, 0.15) is 17.4 Å². The van der Waals surface area contributed by atoms with E-state index in [4.69, 9.17) is 22.1 Å². The van der Waals surface area contributed by atoms with E-state index in [0.29, 0.717) is 25.1 Å². The topological polar surface area (TPSA) is 72.6 Å². The summed E-state index contributed by atoms with van der Waals surface area (Å²) in [5, 5.41) is 0.198. The third-order valence-electron chi connectivity index (χ3n) is 5.31. The van der Waals surface area contributed by atoms with Crippen molar-refractivity contribution >= 4 is 23.4 Å². The molecular formula is C22H23ClF2N2O3. The molecule has 0 spiro atoms. The molecule has 3 rings (SSSR count). The molecule has 160 valence electrons. The number of carbonyl (C=O) groups is 2. The maximum Gasteiger partial charge on any atom is 0.227 e. The van der Waals surface area contributed by atoms with Gasteiger partial charge in [0.2, 0.25) is 11.8 Å². The van der Waals surface area contributed by atoms with Crippen LogP contribution in [0.4, 0.5) is 8.78 Å². The second-order valence-corrected chi connectivity index (χ2v) is 8.09. The van der Waals surface area contributed by atoms with Gasteiger partial charge in [-0.25, -0.2) is 8.78 Å². The van der Waals surface area contributed by atoms with Crippen molar-refractivity contribution in [3.05, 3.63) is 64.7 Å². The highest BCUT2D eigenvalue weighted by Crippen LogP contribution is 2.35. The Morgan fingerprint density at radius 2 is 1.90 bits per heavy atom. The van der Waals surface area contributed by atoms with E-state index in [1.807, 2.05) is 0 Å². The van der Waals surface area contributed by atoms with Crippen LogP contribution in [0.3, 0.4) is 0 Å². The summed E-state index contributed by atoms with van der Waals surface area (Å²) in [7, 11) is 0. The second-order valence-electron chi connectivity index (χ2n) is 7.68. The first-order valence-electron chi connectivity index (χ1n) is 9.65. The number of nitrogens with zero attached hydrogens (tertiary/aromatic N) is 1. The van der Waals surface area contributed by atoms with E-state index in [1.165, 1.54) is 42.5 Å². The quantitative estimate of drug-likeness (QED) is 0.718. The molecule has 0 unspecified atom stereocenters. The van der Waals surface area contributed by atoms with Crippen LogP contribution in [0.2, 0.25) is 5.02 Å². The number of ether oxygens (including phenoxy) is 1. The zero-order valence-electron chi connectivity index (χ0n) is 16.4. The summed E-state index contributed by atoms with van der Waals surface area (Å²) >= 11 is 6.05. The van der Waals surface area contributed by atoms with Crippen molar-refractivity contribution in [3.8, 4) is 5.75 Å². The fourth-order valence-electron chi connectivity index (χ4n) is 3.84. The molecule has 0 bridgehead atoms.